The summed E-state index contributed by atoms with van der Waals surface area (Å²) in [5.41, 5.74) is 2.85. The molecular weight excluding hydrogens is 213 g/mol. The van der Waals surface area contributed by atoms with Crippen LogP contribution in [0.15, 0.2) is 42.7 Å². The summed E-state index contributed by atoms with van der Waals surface area (Å²) >= 11 is 0. The predicted molar refractivity (Wildman–Crippen MR) is 68.3 cm³/mol. The van der Waals surface area contributed by atoms with Gasteiger partial charge in [0, 0.05) is 11.8 Å². The van der Waals surface area contributed by atoms with Gasteiger partial charge in [0.05, 0.1) is 6.20 Å². The second-order valence-electron chi connectivity index (χ2n) is 5.18. The van der Waals surface area contributed by atoms with E-state index in [2.05, 4.69) is 37.9 Å². The summed E-state index contributed by atoms with van der Waals surface area (Å²) in [4.78, 5) is 3.75. The number of hydrogen-bond acceptors (Lipinski definition) is 1. The maximum atomic E-state index is 13.5. The van der Waals surface area contributed by atoms with E-state index < -0.39 is 0 Å². The molecule has 0 N–H and O–H groups in total. The Bertz CT molecular complexity index is 509. The van der Waals surface area contributed by atoms with E-state index in [-0.39, 0.29) is 11.2 Å². The third kappa shape index (κ3) is 2.52. The Morgan fingerprint density at radius 1 is 1.00 bits per heavy atom. The molecule has 0 bridgehead atoms. The highest BCUT2D eigenvalue weighted by Gasteiger charge is 2.13. The Labute approximate surface area is 101 Å². The minimum Gasteiger partial charge on any atom is -0.262 e. The van der Waals surface area contributed by atoms with Crippen molar-refractivity contribution in [2.45, 2.75) is 26.2 Å². The molecular formula is C15H16FN. The average molecular weight is 229 g/mol. The number of hydrogen-bond donors (Lipinski definition) is 0. The van der Waals surface area contributed by atoms with Gasteiger partial charge in [-0.15, -0.1) is 0 Å². The standard InChI is InChI=1S/C15H16FN/c1-15(2,3)12-6-4-11(5-7-12)13-8-9-17-10-14(13)16/h4-10H,1-3H3. The number of benzene rings is 1. The topological polar surface area (TPSA) is 12.9 Å². The van der Waals surface area contributed by atoms with E-state index in [9.17, 15) is 4.39 Å². The normalized spacial score (nSPS) is 11.5. The van der Waals surface area contributed by atoms with E-state index in [0.29, 0.717) is 5.56 Å². The molecule has 0 spiro atoms. The van der Waals surface area contributed by atoms with Gasteiger partial charge in [-0.25, -0.2) is 4.39 Å². The number of aromatic nitrogens is 1. The van der Waals surface area contributed by atoms with Crippen LogP contribution in [0.1, 0.15) is 26.3 Å². The summed E-state index contributed by atoms with van der Waals surface area (Å²) in [6.07, 6.45) is 2.85. The van der Waals surface area contributed by atoms with Gasteiger partial charge in [0.2, 0.25) is 0 Å². The molecule has 0 aliphatic carbocycles. The van der Waals surface area contributed by atoms with E-state index in [0.717, 1.165) is 5.56 Å². The van der Waals surface area contributed by atoms with Crippen molar-refractivity contribution in [1.29, 1.82) is 0 Å². The summed E-state index contributed by atoms with van der Waals surface area (Å²) < 4.78 is 13.5. The second kappa shape index (κ2) is 4.28. The molecule has 0 amide bonds. The molecule has 1 aromatic heterocycles. The van der Waals surface area contributed by atoms with Crippen molar-refractivity contribution in [3.63, 3.8) is 0 Å². The fourth-order valence-corrected chi connectivity index (χ4v) is 1.76. The molecule has 0 unspecified atom stereocenters. The largest absolute Gasteiger partial charge is 0.262 e. The van der Waals surface area contributed by atoms with Gasteiger partial charge in [-0.2, -0.15) is 0 Å². The summed E-state index contributed by atoms with van der Waals surface area (Å²) in [6, 6.07) is 9.71. The van der Waals surface area contributed by atoms with E-state index in [1.54, 1.807) is 12.3 Å². The van der Waals surface area contributed by atoms with E-state index in [1.165, 1.54) is 11.8 Å². The molecule has 0 radical (unpaired) electrons. The fraction of sp³-hybridized carbons (Fsp3) is 0.267. The molecule has 0 aliphatic heterocycles. The van der Waals surface area contributed by atoms with Crippen LogP contribution in [0.25, 0.3) is 11.1 Å². The zero-order chi connectivity index (χ0) is 12.5. The number of halogens is 1. The molecule has 2 aromatic rings. The lowest BCUT2D eigenvalue weighted by atomic mass is 9.86. The van der Waals surface area contributed by atoms with Crippen molar-refractivity contribution in [2.75, 3.05) is 0 Å². The number of nitrogens with zero attached hydrogens (tertiary/aromatic N) is 1. The Morgan fingerprint density at radius 2 is 1.65 bits per heavy atom. The van der Waals surface area contributed by atoms with Crippen LogP contribution in [0.3, 0.4) is 0 Å². The van der Waals surface area contributed by atoms with Crippen molar-refractivity contribution >= 4 is 0 Å². The third-order valence-electron chi connectivity index (χ3n) is 2.83. The van der Waals surface area contributed by atoms with Gasteiger partial charge in [-0.1, -0.05) is 45.0 Å². The third-order valence-corrected chi connectivity index (χ3v) is 2.83. The van der Waals surface area contributed by atoms with Gasteiger partial charge >= 0.3 is 0 Å². The molecule has 0 saturated carbocycles. The summed E-state index contributed by atoms with van der Waals surface area (Å²) in [7, 11) is 0. The predicted octanol–water partition coefficient (Wildman–Crippen LogP) is 4.19. The van der Waals surface area contributed by atoms with Gasteiger partial charge < -0.3 is 0 Å². The van der Waals surface area contributed by atoms with Crippen LogP contribution >= 0.6 is 0 Å². The highest BCUT2D eigenvalue weighted by molar-refractivity contribution is 5.63. The van der Waals surface area contributed by atoms with Crippen LogP contribution in [0, 0.1) is 5.82 Å². The van der Waals surface area contributed by atoms with E-state index in [4.69, 9.17) is 0 Å². The van der Waals surface area contributed by atoms with Crippen LogP contribution in [0.4, 0.5) is 4.39 Å². The van der Waals surface area contributed by atoms with Crippen LogP contribution < -0.4 is 0 Å². The summed E-state index contributed by atoms with van der Waals surface area (Å²) in [6.45, 7) is 6.49. The van der Waals surface area contributed by atoms with Crippen molar-refractivity contribution in [3.05, 3.63) is 54.1 Å². The Hall–Kier alpha value is -1.70. The first-order valence-corrected chi connectivity index (χ1v) is 5.69. The minimum absolute atomic E-state index is 0.120. The lowest BCUT2D eigenvalue weighted by Crippen LogP contribution is -2.10. The Morgan fingerprint density at radius 3 is 2.18 bits per heavy atom. The van der Waals surface area contributed by atoms with Crippen LogP contribution in [-0.2, 0) is 5.41 Å². The summed E-state index contributed by atoms with van der Waals surface area (Å²) in [5, 5.41) is 0. The zero-order valence-corrected chi connectivity index (χ0v) is 10.4. The van der Waals surface area contributed by atoms with E-state index in [1.807, 2.05) is 12.1 Å². The van der Waals surface area contributed by atoms with Crippen molar-refractivity contribution < 1.29 is 4.39 Å². The van der Waals surface area contributed by atoms with Crippen molar-refractivity contribution in [2.24, 2.45) is 0 Å². The first kappa shape index (κ1) is 11.8. The minimum atomic E-state index is -0.281. The van der Waals surface area contributed by atoms with E-state index >= 15 is 0 Å². The molecule has 2 heteroatoms. The van der Waals surface area contributed by atoms with Crippen molar-refractivity contribution in [1.82, 2.24) is 4.98 Å². The smallest absolute Gasteiger partial charge is 0.149 e. The molecule has 0 saturated heterocycles. The molecule has 0 atom stereocenters. The quantitative estimate of drug-likeness (QED) is 0.714. The molecule has 1 heterocycles. The highest BCUT2D eigenvalue weighted by Crippen LogP contribution is 2.26. The van der Waals surface area contributed by atoms with Gasteiger partial charge in [0.25, 0.3) is 0 Å². The zero-order valence-electron chi connectivity index (χ0n) is 10.4. The molecule has 0 fully saturated rings. The number of pyridine rings is 1. The molecule has 88 valence electrons. The average Bonchev–Trinajstić information content (AvgIpc) is 2.29. The molecule has 17 heavy (non-hydrogen) atoms. The molecule has 2 rings (SSSR count). The second-order valence-corrected chi connectivity index (χ2v) is 5.18. The maximum absolute atomic E-state index is 13.5. The maximum Gasteiger partial charge on any atom is 0.149 e. The first-order chi connectivity index (χ1) is 7.98. The monoisotopic (exact) mass is 229 g/mol. The van der Waals surface area contributed by atoms with Gasteiger partial charge in [-0.3, -0.25) is 4.98 Å². The van der Waals surface area contributed by atoms with Gasteiger partial charge in [-0.05, 0) is 22.6 Å². The molecule has 1 nitrogen and oxygen atoms in total. The van der Waals surface area contributed by atoms with Crippen LogP contribution in [0.5, 0.6) is 0 Å². The Balaban J connectivity index is 2.40. The number of rotatable bonds is 1. The first-order valence-electron chi connectivity index (χ1n) is 5.69. The van der Waals surface area contributed by atoms with Crippen LogP contribution in [0.2, 0.25) is 0 Å². The SMILES string of the molecule is CC(C)(C)c1ccc(-c2ccncc2F)cc1. The van der Waals surface area contributed by atoms with Gasteiger partial charge in [0.15, 0.2) is 0 Å². The lowest BCUT2D eigenvalue weighted by molar-refractivity contribution is 0.590. The lowest BCUT2D eigenvalue weighted by Gasteiger charge is -2.19. The fourth-order valence-electron chi connectivity index (χ4n) is 1.76. The molecule has 1 aromatic carbocycles. The van der Waals surface area contributed by atoms with Crippen molar-refractivity contribution in [3.8, 4) is 11.1 Å². The summed E-state index contributed by atoms with van der Waals surface area (Å²) in [5.74, 6) is -0.281. The molecule has 0 aliphatic rings. The van der Waals surface area contributed by atoms with Gasteiger partial charge in [0.1, 0.15) is 5.82 Å². The highest BCUT2D eigenvalue weighted by atomic mass is 19.1. The Kier molecular flexibility index (Phi) is 2.97. The van der Waals surface area contributed by atoms with Crippen LogP contribution in [-0.4, -0.2) is 4.98 Å².